The molecule has 0 saturated carbocycles. The van der Waals surface area contributed by atoms with E-state index < -0.39 is 54.3 Å². The third kappa shape index (κ3) is 9.57. The van der Waals surface area contributed by atoms with Crippen molar-refractivity contribution in [3.05, 3.63) is 0 Å². The summed E-state index contributed by atoms with van der Waals surface area (Å²) in [5.74, 6) is -3.95. The van der Waals surface area contributed by atoms with Crippen LogP contribution in [0.4, 0.5) is 0 Å². The number of amides is 4. The number of nitrogens with one attached hydrogen (secondary N) is 3. The molecular weight excluding hydrogens is 346 g/mol. The Bertz CT molecular complexity index is 551. The van der Waals surface area contributed by atoms with Crippen molar-refractivity contribution in [2.24, 2.45) is 17.4 Å². The third-order valence-electron chi connectivity index (χ3n) is 3.26. The molecule has 0 spiro atoms. The van der Waals surface area contributed by atoms with Gasteiger partial charge in [0.15, 0.2) is 0 Å². The fraction of sp³-hybridized carbons (Fsp3) is 0.667. The van der Waals surface area contributed by atoms with Gasteiger partial charge in [0.05, 0.1) is 12.5 Å². The van der Waals surface area contributed by atoms with Crippen molar-refractivity contribution in [2.45, 2.75) is 51.7 Å². The van der Waals surface area contributed by atoms with Gasteiger partial charge in [-0.25, -0.2) is 0 Å². The lowest BCUT2D eigenvalue weighted by molar-refractivity contribution is -0.138. The van der Waals surface area contributed by atoms with Crippen LogP contribution in [0, 0.1) is 5.92 Å². The predicted octanol–water partition coefficient (Wildman–Crippen LogP) is -2.57. The van der Waals surface area contributed by atoms with Crippen LogP contribution in [0.3, 0.4) is 0 Å². The second-order valence-electron chi connectivity index (χ2n) is 6.31. The maximum absolute atomic E-state index is 12.4. The van der Waals surface area contributed by atoms with E-state index in [9.17, 15) is 24.0 Å². The van der Waals surface area contributed by atoms with Gasteiger partial charge in [-0.2, -0.15) is 0 Å². The molecule has 0 heterocycles. The molecule has 3 unspecified atom stereocenters. The van der Waals surface area contributed by atoms with Gasteiger partial charge >= 0.3 is 5.97 Å². The largest absolute Gasteiger partial charge is 0.480 e. The predicted molar refractivity (Wildman–Crippen MR) is 91.4 cm³/mol. The van der Waals surface area contributed by atoms with E-state index >= 15 is 0 Å². The zero-order chi connectivity index (χ0) is 20.4. The van der Waals surface area contributed by atoms with E-state index in [-0.39, 0.29) is 18.8 Å². The van der Waals surface area contributed by atoms with Crippen LogP contribution in [0.1, 0.15) is 33.6 Å². The number of carboxylic acid groups (broad SMARTS) is 1. The second-order valence-corrected chi connectivity index (χ2v) is 6.31. The van der Waals surface area contributed by atoms with Gasteiger partial charge in [-0.3, -0.25) is 24.0 Å². The number of carbonyl (C=O) groups is 5. The minimum atomic E-state index is -1.22. The smallest absolute Gasteiger partial charge is 0.322 e. The lowest BCUT2D eigenvalue weighted by Gasteiger charge is -2.23. The molecule has 148 valence electrons. The number of hydrogen-bond acceptors (Lipinski definition) is 6. The molecule has 0 aliphatic carbocycles. The van der Waals surface area contributed by atoms with Crippen LogP contribution in [-0.4, -0.2) is 59.4 Å². The molecule has 0 aromatic rings. The minimum Gasteiger partial charge on any atom is -0.480 e. The summed E-state index contributed by atoms with van der Waals surface area (Å²) >= 11 is 0. The van der Waals surface area contributed by atoms with Crippen molar-refractivity contribution in [1.29, 1.82) is 0 Å². The molecule has 0 saturated heterocycles. The lowest BCUT2D eigenvalue weighted by atomic mass is 10.0. The summed E-state index contributed by atoms with van der Waals surface area (Å²) in [6.07, 6.45) is -0.0970. The van der Waals surface area contributed by atoms with E-state index in [1.54, 1.807) is 0 Å². The molecule has 0 aromatic heterocycles. The second kappa shape index (κ2) is 11.0. The molecule has 0 rings (SSSR count). The highest BCUT2D eigenvalue weighted by Gasteiger charge is 2.27. The van der Waals surface area contributed by atoms with E-state index in [0.717, 1.165) is 0 Å². The maximum atomic E-state index is 12.4. The normalized spacial score (nSPS) is 14.0. The summed E-state index contributed by atoms with van der Waals surface area (Å²) in [5.41, 5.74) is 10.5. The Balaban J connectivity index is 4.87. The molecule has 11 nitrogen and oxygen atoms in total. The van der Waals surface area contributed by atoms with Crippen molar-refractivity contribution in [3.8, 4) is 0 Å². The Morgan fingerprint density at radius 1 is 0.962 bits per heavy atom. The first-order chi connectivity index (χ1) is 11.9. The average molecular weight is 373 g/mol. The molecule has 0 radical (unpaired) electrons. The summed E-state index contributed by atoms with van der Waals surface area (Å²) in [4.78, 5) is 57.4. The average Bonchev–Trinajstić information content (AvgIpc) is 2.50. The zero-order valence-corrected chi connectivity index (χ0v) is 15.1. The first-order valence-electron chi connectivity index (χ1n) is 8.08. The molecule has 0 fully saturated rings. The van der Waals surface area contributed by atoms with Gasteiger partial charge in [0.1, 0.15) is 18.6 Å². The van der Waals surface area contributed by atoms with Gasteiger partial charge in [0.2, 0.25) is 23.6 Å². The van der Waals surface area contributed by atoms with Crippen LogP contribution in [0.25, 0.3) is 0 Å². The summed E-state index contributed by atoms with van der Waals surface area (Å²) in [5, 5.41) is 15.5. The van der Waals surface area contributed by atoms with E-state index in [4.69, 9.17) is 16.6 Å². The highest BCUT2D eigenvalue weighted by Crippen LogP contribution is 2.06. The van der Waals surface area contributed by atoms with Crippen LogP contribution in [-0.2, 0) is 24.0 Å². The Labute approximate surface area is 151 Å². The van der Waals surface area contributed by atoms with Crippen molar-refractivity contribution >= 4 is 29.6 Å². The first kappa shape index (κ1) is 23.3. The molecule has 8 N–H and O–H groups in total. The molecule has 3 atom stereocenters. The quantitative estimate of drug-likeness (QED) is 0.229. The lowest BCUT2D eigenvalue weighted by Crippen LogP contribution is -2.56. The van der Waals surface area contributed by atoms with Gasteiger partial charge in [0, 0.05) is 0 Å². The van der Waals surface area contributed by atoms with Crippen LogP contribution >= 0.6 is 0 Å². The number of primary amides is 1. The van der Waals surface area contributed by atoms with E-state index in [1.807, 2.05) is 13.8 Å². The van der Waals surface area contributed by atoms with Gasteiger partial charge in [-0.05, 0) is 19.3 Å². The van der Waals surface area contributed by atoms with Gasteiger partial charge < -0.3 is 32.5 Å². The SMILES string of the molecule is CC(C)CC(NC(=O)C(N)CC(N)=O)C(=O)NC(C)C(=O)NCC(=O)O. The number of aliphatic carboxylic acids is 1. The number of carboxylic acids is 1. The standard InChI is InChI=1S/C15H27N5O6/c1-7(2)4-10(20-14(25)9(16)5-11(17)21)15(26)19-8(3)13(24)18-6-12(22)23/h7-10H,4-6,16H2,1-3H3,(H2,17,21)(H,18,24)(H,19,26)(H,20,25)(H,22,23). The monoisotopic (exact) mass is 373 g/mol. The van der Waals surface area contributed by atoms with Gasteiger partial charge in [-0.1, -0.05) is 13.8 Å². The summed E-state index contributed by atoms with van der Waals surface area (Å²) < 4.78 is 0. The molecule has 0 bridgehead atoms. The summed E-state index contributed by atoms with van der Waals surface area (Å²) in [6, 6.07) is -3.17. The fourth-order valence-corrected chi connectivity index (χ4v) is 1.99. The van der Waals surface area contributed by atoms with Crippen LogP contribution in [0.2, 0.25) is 0 Å². The molecule has 4 amide bonds. The van der Waals surface area contributed by atoms with E-state index in [2.05, 4.69) is 16.0 Å². The van der Waals surface area contributed by atoms with Crippen molar-refractivity contribution < 1.29 is 29.1 Å². The van der Waals surface area contributed by atoms with Crippen LogP contribution in [0.5, 0.6) is 0 Å². The van der Waals surface area contributed by atoms with Crippen molar-refractivity contribution in [2.75, 3.05) is 6.54 Å². The molecular formula is C15H27N5O6. The minimum absolute atomic E-state index is 0.0366. The van der Waals surface area contributed by atoms with E-state index in [1.165, 1.54) is 6.92 Å². The maximum Gasteiger partial charge on any atom is 0.322 e. The highest BCUT2D eigenvalue weighted by molar-refractivity contribution is 5.94. The molecule has 0 aromatic carbocycles. The molecule has 26 heavy (non-hydrogen) atoms. The summed E-state index contributed by atoms with van der Waals surface area (Å²) in [7, 11) is 0. The van der Waals surface area contributed by atoms with Crippen LogP contribution < -0.4 is 27.4 Å². The van der Waals surface area contributed by atoms with Gasteiger partial charge in [-0.15, -0.1) is 0 Å². The fourth-order valence-electron chi connectivity index (χ4n) is 1.99. The van der Waals surface area contributed by atoms with Crippen molar-refractivity contribution in [3.63, 3.8) is 0 Å². The van der Waals surface area contributed by atoms with Crippen LogP contribution in [0.15, 0.2) is 0 Å². The first-order valence-corrected chi connectivity index (χ1v) is 8.08. The number of carbonyl (C=O) groups excluding carboxylic acids is 4. The highest BCUT2D eigenvalue weighted by atomic mass is 16.4. The molecule has 11 heteroatoms. The number of rotatable bonds is 11. The Morgan fingerprint density at radius 3 is 2.00 bits per heavy atom. The molecule has 0 aliphatic heterocycles. The van der Waals surface area contributed by atoms with E-state index in [0.29, 0.717) is 0 Å². The Morgan fingerprint density at radius 2 is 1.54 bits per heavy atom. The number of nitrogens with two attached hydrogens (primary N) is 2. The Kier molecular flexibility index (Phi) is 9.89. The topological polar surface area (TPSA) is 194 Å². The van der Waals surface area contributed by atoms with Gasteiger partial charge in [0.25, 0.3) is 0 Å². The molecule has 0 aliphatic rings. The number of hydrogen-bond donors (Lipinski definition) is 6. The Hall–Kier alpha value is -2.69. The zero-order valence-electron chi connectivity index (χ0n) is 15.1. The van der Waals surface area contributed by atoms with Crippen molar-refractivity contribution in [1.82, 2.24) is 16.0 Å². The summed E-state index contributed by atoms with van der Waals surface area (Å²) in [6.45, 7) is 4.47. The third-order valence-corrected chi connectivity index (χ3v) is 3.26.